The van der Waals surface area contributed by atoms with Gasteiger partial charge in [-0.2, -0.15) is 0 Å². The van der Waals surface area contributed by atoms with Gasteiger partial charge in [0, 0.05) is 18.4 Å². The molecule has 0 saturated heterocycles. The number of aliphatic carboxylic acids is 1. The van der Waals surface area contributed by atoms with Crippen molar-refractivity contribution in [2.45, 2.75) is 25.3 Å². The van der Waals surface area contributed by atoms with Crippen LogP contribution in [0.15, 0.2) is 24.5 Å². The first-order chi connectivity index (χ1) is 8.16. The van der Waals surface area contributed by atoms with Crippen molar-refractivity contribution in [2.75, 3.05) is 0 Å². The Kier molecular flexibility index (Phi) is 3.37. The van der Waals surface area contributed by atoms with Crippen LogP contribution in [-0.2, 0) is 4.79 Å². The van der Waals surface area contributed by atoms with Crippen LogP contribution in [0.25, 0.3) is 0 Å². The molecule has 0 radical (unpaired) electrons. The first-order valence-corrected chi connectivity index (χ1v) is 5.59. The Balaban J connectivity index is 1.98. The Labute approximate surface area is 98.9 Å². The van der Waals surface area contributed by atoms with Crippen LogP contribution in [0.4, 0.5) is 0 Å². The number of pyridine rings is 1. The summed E-state index contributed by atoms with van der Waals surface area (Å²) in [7, 11) is 0. The van der Waals surface area contributed by atoms with E-state index in [2.05, 4.69) is 10.3 Å². The molecular weight excluding hydrogens is 220 g/mol. The minimum absolute atomic E-state index is 0.0172. The Morgan fingerprint density at radius 2 is 2.29 bits per heavy atom. The maximum absolute atomic E-state index is 11.8. The van der Waals surface area contributed by atoms with Gasteiger partial charge in [0.2, 0.25) is 0 Å². The average Bonchev–Trinajstić information content (AvgIpc) is 3.12. The van der Waals surface area contributed by atoms with Gasteiger partial charge < -0.3 is 10.4 Å². The van der Waals surface area contributed by atoms with E-state index in [1.165, 1.54) is 6.20 Å². The molecule has 1 fully saturated rings. The lowest BCUT2D eigenvalue weighted by Gasteiger charge is -2.15. The molecule has 5 heteroatoms. The first-order valence-electron chi connectivity index (χ1n) is 5.59. The number of hydrogen-bond donors (Lipinski definition) is 2. The highest BCUT2D eigenvalue weighted by atomic mass is 16.4. The minimum Gasteiger partial charge on any atom is -0.481 e. The first kappa shape index (κ1) is 11.6. The van der Waals surface area contributed by atoms with Crippen LogP contribution in [0.2, 0.25) is 0 Å². The topological polar surface area (TPSA) is 79.3 Å². The molecule has 0 aromatic carbocycles. The molecule has 1 aromatic heterocycles. The number of nitrogens with one attached hydrogen (secondary N) is 1. The molecule has 1 aliphatic rings. The summed E-state index contributed by atoms with van der Waals surface area (Å²) in [6.07, 6.45) is 5.03. The monoisotopic (exact) mass is 234 g/mol. The second kappa shape index (κ2) is 4.95. The average molecular weight is 234 g/mol. The number of rotatable bonds is 5. The second-order valence-corrected chi connectivity index (χ2v) is 4.26. The summed E-state index contributed by atoms with van der Waals surface area (Å²) in [6, 6.07) is 3.07. The van der Waals surface area contributed by atoms with E-state index in [-0.39, 0.29) is 18.4 Å². The van der Waals surface area contributed by atoms with E-state index in [1.54, 1.807) is 18.3 Å². The van der Waals surface area contributed by atoms with Gasteiger partial charge in [-0.15, -0.1) is 0 Å². The summed E-state index contributed by atoms with van der Waals surface area (Å²) in [6.45, 7) is 0. The third-order valence-electron chi connectivity index (χ3n) is 2.83. The summed E-state index contributed by atoms with van der Waals surface area (Å²) < 4.78 is 0. The molecule has 0 aliphatic heterocycles. The van der Waals surface area contributed by atoms with Gasteiger partial charge in [0.15, 0.2) is 0 Å². The molecule has 0 spiro atoms. The quantitative estimate of drug-likeness (QED) is 0.798. The molecule has 1 saturated carbocycles. The second-order valence-electron chi connectivity index (χ2n) is 4.26. The molecule has 17 heavy (non-hydrogen) atoms. The van der Waals surface area contributed by atoms with Gasteiger partial charge in [0.1, 0.15) is 0 Å². The molecule has 1 heterocycles. The van der Waals surface area contributed by atoms with Crippen molar-refractivity contribution >= 4 is 11.9 Å². The van der Waals surface area contributed by atoms with Crippen LogP contribution < -0.4 is 5.32 Å². The molecule has 1 atom stereocenters. The standard InChI is InChI=1S/C12H14N2O3/c15-11(16)6-10(8-3-4-8)14-12(17)9-2-1-5-13-7-9/h1-2,5,7-8,10H,3-4,6H2,(H,14,17)(H,15,16). The zero-order valence-electron chi connectivity index (χ0n) is 9.30. The van der Waals surface area contributed by atoms with Gasteiger partial charge in [-0.05, 0) is 30.9 Å². The molecule has 0 bridgehead atoms. The number of carbonyl (C=O) groups excluding carboxylic acids is 1. The third kappa shape index (κ3) is 3.27. The maximum atomic E-state index is 11.8. The van der Waals surface area contributed by atoms with Crippen molar-refractivity contribution in [1.29, 1.82) is 0 Å². The van der Waals surface area contributed by atoms with Crippen LogP contribution in [0.3, 0.4) is 0 Å². The lowest BCUT2D eigenvalue weighted by molar-refractivity contribution is -0.137. The van der Waals surface area contributed by atoms with E-state index >= 15 is 0 Å². The minimum atomic E-state index is -0.881. The van der Waals surface area contributed by atoms with E-state index in [4.69, 9.17) is 5.11 Å². The lowest BCUT2D eigenvalue weighted by Crippen LogP contribution is -2.38. The largest absolute Gasteiger partial charge is 0.481 e. The van der Waals surface area contributed by atoms with Gasteiger partial charge in [0.25, 0.3) is 5.91 Å². The fourth-order valence-corrected chi connectivity index (χ4v) is 1.77. The number of hydrogen-bond acceptors (Lipinski definition) is 3. The van der Waals surface area contributed by atoms with E-state index in [0.717, 1.165) is 12.8 Å². The Hall–Kier alpha value is -1.91. The highest BCUT2D eigenvalue weighted by molar-refractivity contribution is 5.94. The molecule has 5 nitrogen and oxygen atoms in total. The van der Waals surface area contributed by atoms with Crippen LogP contribution in [0.1, 0.15) is 29.6 Å². The highest BCUT2D eigenvalue weighted by Gasteiger charge is 2.33. The SMILES string of the molecule is O=C(O)CC(NC(=O)c1cccnc1)C1CC1. The molecule has 2 rings (SSSR count). The maximum Gasteiger partial charge on any atom is 0.305 e. The molecule has 1 unspecified atom stereocenters. The van der Waals surface area contributed by atoms with Crippen LogP contribution in [-0.4, -0.2) is 28.0 Å². The summed E-state index contributed by atoms with van der Waals surface area (Å²) >= 11 is 0. The van der Waals surface area contributed by atoms with Crippen molar-refractivity contribution in [2.24, 2.45) is 5.92 Å². The van der Waals surface area contributed by atoms with Gasteiger partial charge in [0.05, 0.1) is 12.0 Å². The number of carboxylic acid groups (broad SMARTS) is 1. The molecule has 1 aliphatic carbocycles. The Bertz CT molecular complexity index is 415. The van der Waals surface area contributed by atoms with Crippen LogP contribution in [0.5, 0.6) is 0 Å². The zero-order valence-corrected chi connectivity index (χ0v) is 9.30. The molecule has 1 aromatic rings. The van der Waals surface area contributed by atoms with Crippen molar-refractivity contribution in [3.8, 4) is 0 Å². The van der Waals surface area contributed by atoms with Crippen molar-refractivity contribution in [1.82, 2.24) is 10.3 Å². The van der Waals surface area contributed by atoms with E-state index < -0.39 is 5.97 Å². The number of carboxylic acids is 1. The summed E-state index contributed by atoms with van der Waals surface area (Å²) in [4.78, 5) is 26.4. The molecule has 2 N–H and O–H groups in total. The summed E-state index contributed by atoms with van der Waals surface area (Å²) in [5.74, 6) is -0.823. The zero-order chi connectivity index (χ0) is 12.3. The third-order valence-corrected chi connectivity index (χ3v) is 2.83. The van der Waals surface area contributed by atoms with E-state index in [9.17, 15) is 9.59 Å². The predicted octanol–water partition coefficient (Wildman–Crippen LogP) is 1.06. The van der Waals surface area contributed by atoms with Crippen molar-refractivity contribution in [3.63, 3.8) is 0 Å². The predicted molar refractivity (Wildman–Crippen MR) is 60.5 cm³/mol. The molecule has 90 valence electrons. The Morgan fingerprint density at radius 1 is 1.53 bits per heavy atom. The van der Waals surface area contributed by atoms with E-state index in [0.29, 0.717) is 11.5 Å². The lowest BCUT2D eigenvalue weighted by atomic mass is 10.1. The van der Waals surface area contributed by atoms with E-state index in [1.807, 2.05) is 0 Å². The summed E-state index contributed by atoms with van der Waals surface area (Å²) in [5, 5.41) is 11.5. The van der Waals surface area contributed by atoms with Crippen molar-refractivity contribution in [3.05, 3.63) is 30.1 Å². The smallest absolute Gasteiger partial charge is 0.305 e. The fourth-order valence-electron chi connectivity index (χ4n) is 1.77. The molecule has 1 amide bonds. The highest BCUT2D eigenvalue weighted by Crippen LogP contribution is 2.34. The van der Waals surface area contributed by atoms with Gasteiger partial charge in [-0.1, -0.05) is 0 Å². The van der Waals surface area contributed by atoms with Crippen molar-refractivity contribution < 1.29 is 14.7 Å². The van der Waals surface area contributed by atoms with Gasteiger partial charge in [-0.25, -0.2) is 0 Å². The van der Waals surface area contributed by atoms with Gasteiger partial charge in [-0.3, -0.25) is 14.6 Å². The normalized spacial score (nSPS) is 16.2. The number of aromatic nitrogens is 1. The number of amides is 1. The Morgan fingerprint density at radius 3 is 2.82 bits per heavy atom. The molecular formula is C12H14N2O3. The van der Waals surface area contributed by atoms with Crippen LogP contribution >= 0.6 is 0 Å². The number of nitrogens with zero attached hydrogens (tertiary/aromatic N) is 1. The van der Waals surface area contributed by atoms with Crippen LogP contribution in [0, 0.1) is 5.92 Å². The fraction of sp³-hybridized carbons (Fsp3) is 0.417. The van der Waals surface area contributed by atoms with Gasteiger partial charge >= 0.3 is 5.97 Å². The number of carbonyl (C=O) groups is 2. The summed E-state index contributed by atoms with van der Waals surface area (Å²) in [5.41, 5.74) is 0.462.